The van der Waals surface area contributed by atoms with E-state index in [1.807, 2.05) is 17.0 Å². The van der Waals surface area contributed by atoms with Gasteiger partial charge in [0.1, 0.15) is 0 Å². The van der Waals surface area contributed by atoms with E-state index in [0.29, 0.717) is 47.5 Å². The van der Waals surface area contributed by atoms with E-state index < -0.39 is 15.8 Å². The molecule has 1 aliphatic heterocycles. The lowest BCUT2D eigenvalue weighted by Crippen LogP contribution is -2.48. The molecule has 1 aliphatic rings. The Morgan fingerprint density at radius 3 is 2.56 bits per heavy atom. The number of nitrogens with zero attached hydrogens (tertiary/aromatic N) is 4. The summed E-state index contributed by atoms with van der Waals surface area (Å²) in [7, 11) is -3.72. The van der Waals surface area contributed by atoms with Crippen molar-refractivity contribution < 1.29 is 17.4 Å². The normalized spacial score (nSPS) is 15.5. The number of benzene rings is 2. The lowest BCUT2D eigenvalue weighted by Gasteiger charge is -2.32. The van der Waals surface area contributed by atoms with E-state index in [0.717, 1.165) is 5.56 Å². The number of oxazole rings is 1. The number of piperazine rings is 1. The molecular weight excluding hydrogens is 458 g/mol. The van der Waals surface area contributed by atoms with Crippen molar-refractivity contribution in [1.29, 1.82) is 0 Å². The van der Waals surface area contributed by atoms with Crippen molar-refractivity contribution in [3.63, 3.8) is 0 Å². The Morgan fingerprint density at radius 1 is 1.06 bits per heavy atom. The van der Waals surface area contributed by atoms with Crippen LogP contribution in [0, 0.1) is 0 Å². The number of rotatable bonds is 5. The lowest BCUT2D eigenvalue weighted by molar-refractivity contribution is 0.353. The zero-order valence-corrected chi connectivity index (χ0v) is 18.3. The van der Waals surface area contributed by atoms with Crippen LogP contribution in [0.3, 0.4) is 0 Å². The summed E-state index contributed by atoms with van der Waals surface area (Å²) in [6.07, 6.45) is 0.508. The minimum Gasteiger partial charge on any atom is -0.408 e. The highest BCUT2D eigenvalue weighted by atomic mass is 35.5. The van der Waals surface area contributed by atoms with Gasteiger partial charge in [0.15, 0.2) is 11.4 Å². The van der Waals surface area contributed by atoms with E-state index in [-0.39, 0.29) is 18.0 Å². The zero-order valence-electron chi connectivity index (χ0n) is 16.7. The quantitative estimate of drug-likeness (QED) is 0.466. The van der Waals surface area contributed by atoms with Gasteiger partial charge in [-0.1, -0.05) is 28.9 Å². The van der Waals surface area contributed by atoms with Gasteiger partial charge in [-0.3, -0.25) is 4.98 Å². The summed E-state index contributed by atoms with van der Waals surface area (Å²) < 4.78 is 37.8. The molecule has 0 spiro atoms. The summed E-state index contributed by atoms with van der Waals surface area (Å²) in [5, 5.41) is 4.69. The Labute approximate surface area is 187 Å². The van der Waals surface area contributed by atoms with Crippen molar-refractivity contribution in [2.24, 2.45) is 0 Å². The molecule has 0 bridgehead atoms. The molecule has 0 saturated carbocycles. The predicted molar refractivity (Wildman–Crippen MR) is 116 cm³/mol. The number of nitrogens with one attached hydrogen (secondary N) is 1. The fraction of sp³-hybridized carbons (Fsp3) is 0.250. The molecule has 2 aromatic carbocycles. The van der Waals surface area contributed by atoms with Crippen molar-refractivity contribution in [3.8, 4) is 0 Å². The number of sulfonamides is 1. The van der Waals surface area contributed by atoms with Crippen LogP contribution in [0.15, 0.2) is 61.1 Å². The van der Waals surface area contributed by atoms with E-state index in [2.05, 4.69) is 15.1 Å². The second-order valence-corrected chi connectivity index (χ2v) is 9.73. The van der Waals surface area contributed by atoms with Gasteiger partial charge >= 0.3 is 11.8 Å². The molecule has 0 atom stereocenters. The van der Waals surface area contributed by atoms with Crippen LogP contribution in [0.4, 0.5) is 6.01 Å². The molecular formula is C20H18ClN5O5S. The third kappa shape index (κ3) is 4.01. The number of aromatic amines is 1. The third-order valence-electron chi connectivity index (χ3n) is 5.27. The molecule has 10 nitrogen and oxygen atoms in total. The molecule has 4 aromatic rings. The first kappa shape index (κ1) is 20.7. The van der Waals surface area contributed by atoms with Crippen LogP contribution in [-0.4, -0.2) is 54.0 Å². The van der Waals surface area contributed by atoms with Crippen LogP contribution < -0.4 is 10.7 Å². The standard InChI is InChI=1S/C20H18ClN5O5S/c21-14-3-1-13(2-4-14)11-18-23-19(31-24-18)25-7-9-26(10-8-25)32(28,29)15-5-6-17-16(12-15)22-20(27)30-17/h1-6,12H,7-11H2,(H,22,27). The average Bonchev–Trinajstić information content (AvgIpc) is 3.40. The van der Waals surface area contributed by atoms with E-state index >= 15 is 0 Å². The lowest BCUT2D eigenvalue weighted by atomic mass is 10.1. The molecule has 0 aliphatic carbocycles. The van der Waals surface area contributed by atoms with Crippen LogP contribution in [-0.2, 0) is 16.4 Å². The first-order chi connectivity index (χ1) is 15.4. The van der Waals surface area contributed by atoms with E-state index in [1.54, 1.807) is 12.1 Å². The highest BCUT2D eigenvalue weighted by Gasteiger charge is 2.30. The van der Waals surface area contributed by atoms with Gasteiger partial charge in [-0.2, -0.15) is 9.29 Å². The smallest absolute Gasteiger partial charge is 0.408 e. The van der Waals surface area contributed by atoms with Crippen LogP contribution in [0.5, 0.6) is 0 Å². The van der Waals surface area contributed by atoms with Crippen molar-refractivity contribution >= 4 is 38.7 Å². The van der Waals surface area contributed by atoms with Crippen molar-refractivity contribution in [2.75, 3.05) is 31.1 Å². The number of H-pyrrole nitrogens is 1. The highest BCUT2D eigenvalue weighted by Crippen LogP contribution is 2.23. The molecule has 1 saturated heterocycles. The molecule has 1 fully saturated rings. The Bertz CT molecular complexity index is 1420. The van der Waals surface area contributed by atoms with Gasteiger partial charge in [-0.05, 0) is 35.9 Å². The largest absolute Gasteiger partial charge is 0.417 e. The van der Waals surface area contributed by atoms with Crippen LogP contribution in [0.1, 0.15) is 11.4 Å². The Balaban J connectivity index is 1.25. The zero-order chi connectivity index (χ0) is 22.3. The number of hydrogen-bond acceptors (Lipinski definition) is 8. The molecule has 3 heterocycles. The van der Waals surface area contributed by atoms with Crippen LogP contribution in [0.25, 0.3) is 11.1 Å². The van der Waals surface area contributed by atoms with Crippen molar-refractivity contribution in [1.82, 2.24) is 19.4 Å². The predicted octanol–water partition coefficient (Wildman–Crippen LogP) is 2.26. The van der Waals surface area contributed by atoms with Gasteiger partial charge in [0.25, 0.3) is 0 Å². The van der Waals surface area contributed by atoms with Crippen LogP contribution in [0.2, 0.25) is 5.02 Å². The fourth-order valence-corrected chi connectivity index (χ4v) is 5.17. The van der Waals surface area contributed by atoms with Crippen LogP contribution >= 0.6 is 11.6 Å². The highest BCUT2D eigenvalue weighted by molar-refractivity contribution is 7.89. The summed E-state index contributed by atoms with van der Waals surface area (Å²) in [4.78, 5) is 20.2. The SMILES string of the molecule is O=c1[nH]c2cc(S(=O)(=O)N3CCN(c4nc(Cc5ccc(Cl)cc5)no4)CC3)ccc2o1. The monoisotopic (exact) mass is 475 g/mol. The molecule has 5 rings (SSSR count). The molecule has 0 unspecified atom stereocenters. The maximum Gasteiger partial charge on any atom is 0.417 e. The summed E-state index contributed by atoms with van der Waals surface area (Å²) >= 11 is 5.91. The number of fused-ring (bicyclic) bond motifs is 1. The Morgan fingerprint density at radius 2 is 1.81 bits per heavy atom. The molecule has 1 N–H and O–H groups in total. The maximum atomic E-state index is 13.0. The molecule has 166 valence electrons. The number of anilines is 1. The third-order valence-corrected chi connectivity index (χ3v) is 7.42. The van der Waals surface area contributed by atoms with E-state index in [1.165, 1.54) is 22.5 Å². The van der Waals surface area contributed by atoms with E-state index in [9.17, 15) is 13.2 Å². The topological polar surface area (TPSA) is 126 Å². The summed E-state index contributed by atoms with van der Waals surface area (Å²) in [6.45, 7) is 1.34. The fourth-order valence-electron chi connectivity index (χ4n) is 3.59. The second-order valence-electron chi connectivity index (χ2n) is 7.36. The van der Waals surface area contributed by atoms with Crippen molar-refractivity contribution in [2.45, 2.75) is 11.3 Å². The summed E-state index contributed by atoms with van der Waals surface area (Å²) in [5.41, 5.74) is 1.66. The molecule has 32 heavy (non-hydrogen) atoms. The molecule has 0 amide bonds. The molecule has 2 aromatic heterocycles. The first-order valence-corrected chi connectivity index (χ1v) is 11.7. The number of aromatic nitrogens is 3. The Kier molecular flexibility index (Phi) is 5.24. The van der Waals surface area contributed by atoms with Gasteiger partial charge < -0.3 is 13.8 Å². The van der Waals surface area contributed by atoms with Gasteiger partial charge in [0, 0.05) is 37.6 Å². The minimum atomic E-state index is -3.72. The van der Waals surface area contributed by atoms with Gasteiger partial charge in [-0.25, -0.2) is 13.2 Å². The maximum absolute atomic E-state index is 13.0. The Hall–Kier alpha value is -3.15. The van der Waals surface area contributed by atoms with Gasteiger partial charge in [0.2, 0.25) is 10.0 Å². The second kappa shape index (κ2) is 8.08. The average molecular weight is 476 g/mol. The van der Waals surface area contributed by atoms with E-state index in [4.69, 9.17) is 20.5 Å². The van der Waals surface area contributed by atoms with Gasteiger partial charge in [-0.15, -0.1) is 0 Å². The number of hydrogen-bond donors (Lipinski definition) is 1. The first-order valence-electron chi connectivity index (χ1n) is 9.83. The van der Waals surface area contributed by atoms with Crippen molar-refractivity contribution in [3.05, 3.63) is 69.4 Å². The molecule has 0 radical (unpaired) electrons. The molecule has 12 heteroatoms. The number of halogens is 1. The van der Waals surface area contributed by atoms with Gasteiger partial charge in [0.05, 0.1) is 10.4 Å². The summed E-state index contributed by atoms with van der Waals surface area (Å²) in [5.74, 6) is -0.0852. The summed E-state index contributed by atoms with van der Waals surface area (Å²) in [6, 6.07) is 12.1. The minimum absolute atomic E-state index is 0.0959.